The van der Waals surface area contributed by atoms with E-state index in [1.165, 1.54) is 37.3 Å². The largest absolute Gasteiger partial charge is 0.465 e. The number of nitrogens with zero attached hydrogens (tertiary/aromatic N) is 2. The van der Waals surface area contributed by atoms with Crippen LogP contribution in [0.4, 0.5) is 11.4 Å². The van der Waals surface area contributed by atoms with Crippen molar-refractivity contribution in [1.29, 1.82) is 0 Å². The van der Waals surface area contributed by atoms with Gasteiger partial charge in [-0.2, -0.15) is 0 Å². The van der Waals surface area contributed by atoms with E-state index in [0.29, 0.717) is 5.69 Å². The van der Waals surface area contributed by atoms with Gasteiger partial charge in [0.15, 0.2) is 0 Å². The Bertz CT molecular complexity index is 822. The van der Waals surface area contributed by atoms with Crippen LogP contribution in [0.3, 0.4) is 0 Å². The van der Waals surface area contributed by atoms with Crippen molar-refractivity contribution in [3.63, 3.8) is 0 Å². The van der Waals surface area contributed by atoms with Crippen LogP contribution >= 0.6 is 11.6 Å². The number of hydrogen-bond acceptors (Lipinski definition) is 5. The Morgan fingerprint density at radius 1 is 1.21 bits per heavy atom. The maximum Gasteiger partial charge on any atom is 0.339 e. The van der Waals surface area contributed by atoms with Gasteiger partial charge in [0.1, 0.15) is 5.02 Å². The summed E-state index contributed by atoms with van der Waals surface area (Å²) in [6.45, 7) is 0. The molecule has 0 bridgehead atoms. The molecule has 0 atom stereocenters. The molecule has 2 aromatic rings. The minimum atomic E-state index is -0.665. The van der Waals surface area contributed by atoms with E-state index < -0.39 is 16.8 Å². The molecular formula is C16H13ClN2O5. The Kier molecular flexibility index (Phi) is 5.15. The molecular weight excluding hydrogens is 336 g/mol. The molecule has 0 fully saturated rings. The topological polar surface area (TPSA) is 89.8 Å². The van der Waals surface area contributed by atoms with Gasteiger partial charge in [-0.25, -0.2) is 4.79 Å². The number of carbonyl (C=O) groups excluding carboxylic acids is 2. The third-order valence-electron chi connectivity index (χ3n) is 3.37. The summed E-state index contributed by atoms with van der Waals surface area (Å²) in [6, 6.07) is 10.2. The number of ether oxygens (including phenoxy) is 1. The minimum absolute atomic E-state index is 0.0610. The third kappa shape index (κ3) is 3.36. The number of amides is 1. The molecule has 0 saturated heterocycles. The summed E-state index contributed by atoms with van der Waals surface area (Å²) in [6.07, 6.45) is 0. The van der Waals surface area contributed by atoms with Crippen molar-refractivity contribution >= 4 is 34.9 Å². The molecule has 0 saturated carbocycles. The van der Waals surface area contributed by atoms with Gasteiger partial charge in [0.2, 0.25) is 0 Å². The molecule has 2 rings (SSSR count). The standard InChI is InChI=1S/C16H13ClN2O5/c1-18(13-6-4-3-5-11(13)16(21)24-2)15(20)10-7-8-12(17)14(9-10)19(22)23/h3-9H,1-2H3. The second kappa shape index (κ2) is 7.10. The molecule has 0 aromatic heterocycles. The number of hydrogen-bond donors (Lipinski definition) is 0. The van der Waals surface area contributed by atoms with Crippen LogP contribution in [0.15, 0.2) is 42.5 Å². The van der Waals surface area contributed by atoms with Crippen LogP contribution in [0, 0.1) is 10.1 Å². The molecule has 124 valence electrons. The lowest BCUT2D eigenvalue weighted by molar-refractivity contribution is -0.384. The average Bonchev–Trinajstić information content (AvgIpc) is 2.60. The Labute approximate surface area is 142 Å². The first-order valence-corrected chi connectivity index (χ1v) is 7.14. The Morgan fingerprint density at radius 3 is 2.50 bits per heavy atom. The molecule has 0 aliphatic carbocycles. The SMILES string of the molecule is COC(=O)c1ccccc1N(C)C(=O)c1ccc(Cl)c([N+](=O)[O-])c1. The Morgan fingerprint density at radius 2 is 1.88 bits per heavy atom. The molecule has 0 heterocycles. The molecule has 0 radical (unpaired) electrons. The van der Waals surface area contributed by atoms with Gasteiger partial charge in [0.25, 0.3) is 11.6 Å². The van der Waals surface area contributed by atoms with Gasteiger partial charge in [0.05, 0.1) is 23.3 Å². The van der Waals surface area contributed by atoms with E-state index in [4.69, 9.17) is 16.3 Å². The molecule has 0 aliphatic heterocycles. The van der Waals surface area contributed by atoms with E-state index >= 15 is 0 Å². The summed E-state index contributed by atoms with van der Waals surface area (Å²) in [5.41, 5.74) is 0.247. The van der Waals surface area contributed by atoms with Gasteiger partial charge in [-0.1, -0.05) is 23.7 Å². The predicted molar refractivity (Wildman–Crippen MR) is 88.6 cm³/mol. The summed E-state index contributed by atoms with van der Waals surface area (Å²) in [5, 5.41) is 10.9. The van der Waals surface area contributed by atoms with E-state index in [1.807, 2.05) is 0 Å². The lowest BCUT2D eigenvalue weighted by atomic mass is 10.1. The van der Waals surface area contributed by atoms with Crippen LogP contribution in [0.1, 0.15) is 20.7 Å². The molecule has 1 amide bonds. The summed E-state index contributed by atoms with van der Waals surface area (Å²) >= 11 is 5.75. The number of halogens is 1. The average molecular weight is 349 g/mol. The van der Waals surface area contributed by atoms with Crippen LogP contribution in [0.5, 0.6) is 0 Å². The normalized spacial score (nSPS) is 10.1. The third-order valence-corrected chi connectivity index (χ3v) is 3.68. The van der Waals surface area contributed by atoms with Crippen LogP contribution in [-0.2, 0) is 4.74 Å². The number of esters is 1. The summed E-state index contributed by atoms with van der Waals surface area (Å²) in [4.78, 5) is 35.9. The summed E-state index contributed by atoms with van der Waals surface area (Å²) in [5.74, 6) is -1.11. The van der Waals surface area contributed by atoms with Crippen LogP contribution < -0.4 is 4.90 Å². The molecule has 0 spiro atoms. The number of nitro benzene ring substituents is 1. The van der Waals surface area contributed by atoms with E-state index in [9.17, 15) is 19.7 Å². The number of para-hydroxylation sites is 1. The van der Waals surface area contributed by atoms with Crippen molar-refractivity contribution in [3.8, 4) is 0 Å². The van der Waals surface area contributed by atoms with E-state index in [0.717, 1.165) is 6.07 Å². The first kappa shape index (κ1) is 17.4. The monoisotopic (exact) mass is 348 g/mol. The number of benzene rings is 2. The van der Waals surface area contributed by atoms with Crippen LogP contribution in [0.2, 0.25) is 5.02 Å². The highest BCUT2D eigenvalue weighted by Crippen LogP contribution is 2.27. The van der Waals surface area contributed by atoms with Crippen molar-refractivity contribution < 1.29 is 19.2 Å². The minimum Gasteiger partial charge on any atom is -0.465 e. The Balaban J connectivity index is 2.43. The number of carbonyl (C=O) groups is 2. The lowest BCUT2D eigenvalue weighted by Gasteiger charge is -2.20. The van der Waals surface area contributed by atoms with Gasteiger partial charge in [-0.3, -0.25) is 14.9 Å². The lowest BCUT2D eigenvalue weighted by Crippen LogP contribution is -2.28. The van der Waals surface area contributed by atoms with Crippen molar-refractivity contribution in [2.75, 3.05) is 19.1 Å². The summed E-state index contributed by atoms with van der Waals surface area (Å²) < 4.78 is 4.70. The molecule has 0 N–H and O–H groups in total. The highest BCUT2D eigenvalue weighted by atomic mass is 35.5. The zero-order valence-electron chi connectivity index (χ0n) is 12.9. The molecule has 24 heavy (non-hydrogen) atoms. The van der Waals surface area contributed by atoms with E-state index in [1.54, 1.807) is 18.2 Å². The molecule has 0 unspecified atom stereocenters. The summed E-state index contributed by atoms with van der Waals surface area (Å²) in [7, 11) is 2.70. The van der Waals surface area contributed by atoms with Gasteiger partial charge >= 0.3 is 5.97 Å². The number of anilines is 1. The maximum atomic E-state index is 12.6. The van der Waals surface area contributed by atoms with Gasteiger partial charge in [-0.15, -0.1) is 0 Å². The fraction of sp³-hybridized carbons (Fsp3) is 0.125. The quantitative estimate of drug-likeness (QED) is 0.480. The molecule has 2 aromatic carbocycles. The van der Waals surface area contributed by atoms with Gasteiger partial charge in [-0.05, 0) is 24.3 Å². The van der Waals surface area contributed by atoms with Crippen LogP contribution in [-0.4, -0.2) is 31.0 Å². The second-order valence-corrected chi connectivity index (χ2v) is 5.20. The zero-order chi connectivity index (χ0) is 17.9. The first-order chi connectivity index (χ1) is 11.4. The van der Waals surface area contributed by atoms with E-state index in [2.05, 4.69) is 0 Å². The van der Waals surface area contributed by atoms with E-state index in [-0.39, 0.29) is 21.8 Å². The van der Waals surface area contributed by atoms with Crippen molar-refractivity contribution in [1.82, 2.24) is 0 Å². The van der Waals surface area contributed by atoms with Gasteiger partial charge in [0, 0.05) is 18.7 Å². The Hall–Kier alpha value is -2.93. The van der Waals surface area contributed by atoms with Gasteiger partial charge < -0.3 is 9.64 Å². The highest BCUT2D eigenvalue weighted by Gasteiger charge is 2.22. The smallest absolute Gasteiger partial charge is 0.339 e. The number of nitro groups is 1. The fourth-order valence-electron chi connectivity index (χ4n) is 2.14. The highest BCUT2D eigenvalue weighted by molar-refractivity contribution is 6.32. The second-order valence-electron chi connectivity index (χ2n) is 4.80. The van der Waals surface area contributed by atoms with Crippen molar-refractivity contribution in [2.45, 2.75) is 0 Å². The maximum absolute atomic E-state index is 12.6. The molecule has 0 aliphatic rings. The number of methoxy groups -OCH3 is 1. The zero-order valence-corrected chi connectivity index (χ0v) is 13.6. The van der Waals surface area contributed by atoms with Crippen molar-refractivity contribution in [2.24, 2.45) is 0 Å². The first-order valence-electron chi connectivity index (χ1n) is 6.76. The van der Waals surface area contributed by atoms with Crippen molar-refractivity contribution in [3.05, 3.63) is 68.7 Å². The number of rotatable bonds is 4. The van der Waals surface area contributed by atoms with Crippen LogP contribution in [0.25, 0.3) is 0 Å². The molecule has 8 heteroatoms. The molecule has 7 nitrogen and oxygen atoms in total. The fourth-order valence-corrected chi connectivity index (χ4v) is 2.32. The predicted octanol–water partition coefficient (Wildman–Crippen LogP) is 3.31.